The Labute approximate surface area is 201 Å². The van der Waals surface area contributed by atoms with Crippen LogP contribution in [-0.4, -0.2) is 115 Å². The lowest BCUT2D eigenvalue weighted by Crippen LogP contribution is -2.35. The summed E-state index contributed by atoms with van der Waals surface area (Å²) in [6.07, 6.45) is -6.90. The van der Waals surface area contributed by atoms with Crippen LogP contribution in [0.15, 0.2) is 11.5 Å². The maximum absolute atomic E-state index is 10.9. The molecule has 0 aromatic carbocycles. The minimum absolute atomic E-state index is 0.261. The van der Waals surface area contributed by atoms with Crippen LogP contribution in [0.3, 0.4) is 0 Å². The normalized spacial score (nSPS) is 25.8. The van der Waals surface area contributed by atoms with E-state index in [0.29, 0.717) is 6.42 Å². The van der Waals surface area contributed by atoms with Crippen molar-refractivity contribution in [2.75, 3.05) is 6.61 Å². The zero-order valence-electron chi connectivity index (χ0n) is 18.9. The molecule has 0 bridgehead atoms. The molecule has 200 valence electrons. The zero-order chi connectivity index (χ0) is 27.9. The molecule has 6 unspecified atom stereocenters. The van der Waals surface area contributed by atoms with Crippen LogP contribution < -0.4 is 0 Å². The number of Topliss-reactive ketones (excluding diaryl/α,β-unsaturated/α-hetero) is 4. The Kier molecular flexibility index (Phi) is 10.8. The molecule has 2 fully saturated rings. The second-order valence-electron chi connectivity index (χ2n) is 7.30. The predicted molar refractivity (Wildman–Crippen MR) is 108 cm³/mol. The highest BCUT2D eigenvalue weighted by Gasteiger charge is 2.46. The lowest BCUT2D eigenvalue weighted by Gasteiger charge is -2.14. The van der Waals surface area contributed by atoms with Gasteiger partial charge in [0.25, 0.3) is 11.6 Å². The van der Waals surface area contributed by atoms with Gasteiger partial charge in [-0.3, -0.25) is 19.2 Å². The molecule has 0 aromatic rings. The first-order valence-electron chi connectivity index (χ1n) is 10.3. The largest absolute Gasteiger partial charge is 0.505 e. The summed E-state index contributed by atoms with van der Waals surface area (Å²) in [6.45, 7) is 2.55. The fourth-order valence-electron chi connectivity index (χ4n) is 2.66. The second-order valence-corrected chi connectivity index (χ2v) is 7.30. The minimum atomic E-state index is -1.53. The predicted octanol–water partition coefficient (Wildman–Crippen LogP) is -3.77. The summed E-state index contributed by atoms with van der Waals surface area (Å²) in [4.78, 5) is 74.3. The van der Waals surface area contributed by atoms with Gasteiger partial charge in [-0.05, 0) is 12.8 Å². The quantitative estimate of drug-likeness (QED) is 0.111. The molecule has 16 heteroatoms. The van der Waals surface area contributed by atoms with Crippen LogP contribution >= 0.6 is 0 Å². The molecule has 0 amide bonds. The van der Waals surface area contributed by atoms with Crippen molar-refractivity contribution in [3.05, 3.63) is 11.5 Å². The van der Waals surface area contributed by atoms with Crippen LogP contribution in [0.4, 0.5) is 0 Å². The van der Waals surface area contributed by atoms with Crippen LogP contribution in [-0.2, 0) is 47.8 Å². The van der Waals surface area contributed by atoms with Gasteiger partial charge in [0.15, 0.2) is 24.1 Å². The van der Waals surface area contributed by atoms with E-state index in [-0.39, 0.29) is 6.42 Å². The highest BCUT2D eigenvalue weighted by atomic mass is 16.6. The van der Waals surface area contributed by atoms with E-state index >= 15 is 0 Å². The number of carbonyl (C=O) groups is 7. The Morgan fingerprint density at radius 1 is 0.639 bits per heavy atom. The summed E-state index contributed by atoms with van der Waals surface area (Å²) < 4.78 is 13.0. The number of esters is 3. The lowest BCUT2D eigenvalue weighted by molar-refractivity contribution is -0.152. The minimum Gasteiger partial charge on any atom is -0.505 e. The Bertz CT molecular complexity index is 899. The van der Waals surface area contributed by atoms with Crippen molar-refractivity contribution in [3.8, 4) is 0 Å². The standard InChI is InChI=1S/C7H10O5.C7H8O5.C6H6O6/c2*1-2-3(8)6-4(9)5(10)7(11)12-6;7-1-2(8)5-3(9)4(10)6(11)12-5/h3,6,8-10H,2H2,1H3;3,6,8H,2H2,1H3;2,5,7-8H,1H2. The molecule has 0 radical (unpaired) electrons. The van der Waals surface area contributed by atoms with Gasteiger partial charge >= 0.3 is 29.5 Å². The van der Waals surface area contributed by atoms with Gasteiger partial charge in [0, 0.05) is 0 Å². The molecule has 6 atom stereocenters. The molecule has 0 aromatic heterocycles. The molecular weight excluding hydrogens is 496 g/mol. The molecule has 0 aliphatic carbocycles. The average Bonchev–Trinajstić information content (AvgIpc) is 3.40. The van der Waals surface area contributed by atoms with E-state index in [1.807, 2.05) is 0 Å². The molecule has 6 N–H and O–H groups in total. The molecule has 3 heterocycles. The number of cyclic esters (lactones) is 3. The lowest BCUT2D eigenvalue weighted by atomic mass is 10.1. The molecule has 36 heavy (non-hydrogen) atoms. The van der Waals surface area contributed by atoms with Crippen molar-refractivity contribution in [3.63, 3.8) is 0 Å². The van der Waals surface area contributed by atoms with Crippen molar-refractivity contribution in [1.29, 1.82) is 0 Å². The number of aliphatic hydroxyl groups is 6. The van der Waals surface area contributed by atoms with Crippen molar-refractivity contribution in [2.24, 2.45) is 0 Å². The maximum Gasteiger partial charge on any atom is 0.383 e. The number of ether oxygens (including phenoxy) is 3. The summed E-state index contributed by atoms with van der Waals surface area (Å²) in [6, 6.07) is 0. The summed E-state index contributed by atoms with van der Waals surface area (Å²) in [7, 11) is 0. The summed E-state index contributed by atoms with van der Waals surface area (Å²) >= 11 is 0. The monoisotopic (exact) mass is 520 g/mol. The van der Waals surface area contributed by atoms with Crippen LogP contribution in [0.2, 0.25) is 0 Å². The van der Waals surface area contributed by atoms with Crippen LogP contribution in [0.1, 0.15) is 26.7 Å². The van der Waals surface area contributed by atoms with Crippen LogP contribution in [0.5, 0.6) is 0 Å². The van der Waals surface area contributed by atoms with Crippen LogP contribution in [0, 0.1) is 0 Å². The number of hydrogen-bond donors (Lipinski definition) is 6. The van der Waals surface area contributed by atoms with Gasteiger partial charge in [-0.25, -0.2) is 14.4 Å². The summed E-state index contributed by atoms with van der Waals surface area (Å²) in [5.41, 5.74) is 0. The zero-order valence-corrected chi connectivity index (χ0v) is 18.9. The van der Waals surface area contributed by atoms with Gasteiger partial charge in [-0.1, -0.05) is 13.8 Å². The molecule has 0 spiro atoms. The topological polar surface area (TPSA) is 269 Å². The summed E-state index contributed by atoms with van der Waals surface area (Å²) in [5.74, 6) is -9.36. The van der Waals surface area contributed by atoms with E-state index in [0.717, 1.165) is 0 Å². The first-order chi connectivity index (χ1) is 16.7. The van der Waals surface area contributed by atoms with Crippen LogP contribution in [0.25, 0.3) is 0 Å². The SMILES string of the molecule is CCC(O)C1OC(=O)C(=O)C1=O.CCC(O)C1OC(=O)C(O)=C1O.O=C1OC(C(O)CO)C(=O)C1=O. The van der Waals surface area contributed by atoms with Crippen molar-refractivity contribution < 1.29 is 78.4 Å². The number of ketones is 4. The van der Waals surface area contributed by atoms with Gasteiger partial charge in [0.2, 0.25) is 5.76 Å². The van der Waals surface area contributed by atoms with Crippen molar-refractivity contribution in [2.45, 2.75) is 63.3 Å². The van der Waals surface area contributed by atoms with Gasteiger partial charge in [0.05, 0.1) is 18.8 Å². The van der Waals surface area contributed by atoms with E-state index in [1.165, 1.54) is 0 Å². The fraction of sp³-hybridized carbons (Fsp3) is 0.550. The number of hydrogen-bond acceptors (Lipinski definition) is 16. The Balaban J connectivity index is 0.000000270. The van der Waals surface area contributed by atoms with E-state index in [4.69, 9.17) is 25.5 Å². The maximum atomic E-state index is 10.9. The molecule has 2 saturated heterocycles. The first kappa shape index (κ1) is 30.3. The third kappa shape index (κ3) is 6.69. The Morgan fingerprint density at radius 2 is 1.00 bits per heavy atom. The number of aliphatic hydroxyl groups excluding tert-OH is 6. The number of carbonyl (C=O) groups excluding carboxylic acids is 7. The van der Waals surface area contributed by atoms with Gasteiger partial charge in [-0.15, -0.1) is 0 Å². The van der Waals surface area contributed by atoms with E-state index in [1.54, 1.807) is 13.8 Å². The van der Waals surface area contributed by atoms with Gasteiger partial charge < -0.3 is 44.8 Å². The molecule has 3 aliphatic heterocycles. The fourth-order valence-corrected chi connectivity index (χ4v) is 2.66. The highest BCUT2D eigenvalue weighted by Crippen LogP contribution is 2.22. The first-order valence-corrected chi connectivity index (χ1v) is 10.3. The Morgan fingerprint density at radius 3 is 1.28 bits per heavy atom. The molecule has 3 aliphatic rings. The average molecular weight is 520 g/mol. The molecule has 16 nitrogen and oxygen atoms in total. The molecular formula is C20H24O16. The van der Waals surface area contributed by atoms with E-state index < -0.39 is 95.8 Å². The smallest absolute Gasteiger partial charge is 0.383 e. The van der Waals surface area contributed by atoms with E-state index in [9.17, 15) is 38.7 Å². The second kappa shape index (κ2) is 12.8. The third-order valence-corrected chi connectivity index (χ3v) is 4.81. The van der Waals surface area contributed by atoms with Gasteiger partial charge in [-0.2, -0.15) is 0 Å². The highest BCUT2D eigenvalue weighted by molar-refractivity contribution is 6.66. The van der Waals surface area contributed by atoms with Gasteiger partial charge in [0.1, 0.15) is 6.10 Å². The number of rotatable bonds is 6. The molecule has 3 rings (SSSR count). The van der Waals surface area contributed by atoms with Crippen molar-refractivity contribution >= 4 is 41.0 Å². The van der Waals surface area contributed by atoms with E-state index in [2.05, 4.69) is 14.2 Å². The summed E-state index contributed by atoms with van der Waals surface area (Å²) in [5, 5.41) is 53.4. The third-order valence-electron chi connectivity index (χ3n) is 4.81. The Hall–Kier alpha value is -3.73. The van der Waals surface area contributed by atoms with Crippen molar-refractivity contribution in [1.82, 2.24) is 0 Å². The molecule has 0 saturated carbocycles.